The van der Waals surface area contributed by atoms with Crippen LogP contribution in [0, 0.1) is 0 Å². The predicted octanol–water partition coefficient (Wildman–Crippen LogP) is 4.29. The maximum Gasteiger partial charge on any atom is 0.161 e. The highest BCUT2D eigenvalue weighted by Gasteiger charge is 2.17. The molecule has 1 aliphatic carbocycles. The zero-order chi connectivity index (χ0) is 15.3. The van der Waals surface area contributed by atoms with Crippen molar-refractivity contribution in [2.24, 2.45) is 0 Å². The first-order valence-corrected chi connectivity index (χ1v) is 8.06. The van der Waals surface area contributed by atoms with Crippen molar-refractivity contribution in [3.63, 3.8) is 0 Å². The summed E-state index contributed by atoms with van der Waals surface area (Å²) in [5, 5.41) is 3.51. The highest BCUT2D eigenvalue weighted by molar-refractivity contribution is 5.43. The molecule has 1 fully saturated rings. The monoisotopic (exact) mass is 291 g/mol. The molecule has 2 rings (SSSR count). The third kappa shape index (κ3) is 5.24. The molecular formula is C18H29NO2. The topological polar surface area (TPSA) is 30.5 Å². The molecule has 0 saturated heterocycles. The van der Waals surface area contributed by atoms with E-state index in [1.165, 1.54) is 24.8 Å². The van der Waals surface area contributed by atoms with Crippen molar-refractivity contribution in [1.82, 2.24) is 5.32 Å². The molecule has 0 aliphatic heterocycles. The van der Waals surface area contributed by atoms with Crippen molar-refractivity contribution >= 4 is 0 Å². The summed E-state index contributed by atoms with van der Waals surface area (Å²) in [6.45, 7) is 7.37. The lowest BCUT2D eigenvalue weighted by Gasteiger charge is -2.25. The van der Waals surface area contributed by atoms with Crippen molar-refractivity contribution in [3.05, 3.63) is 23.8 Å². The molecular weight excluding hydrogens is 262 g/mol. The molecule has 1 N–H and O–H groups in total. The Hall–Kier alpha value is -1.22. The molecule has 1 aromatic rings. The summed E-state index contributed by atoms with van der Waals surface area (Å²) in [4.78, 5) is 0. The van der Waals surface area contributed by atoms with Gasteiger partial charge >= 0.3 is 0 Å². The molecule has 1 aliphatic rings. The molecule has 1 saturated carbocycles. The van der Waals surface area contributed by atoms with Crippen LogP contribution in [0.5, 0.6) is 11.5 Å². The average molecular weight is 291 g/mol. The van der Waals surface area contributed by atoms with E-state index in [4.69, 9.17) is 9.47 Å². The van der Waals surface area contributed by atoms with Gasteiger partial charge in [-0.2, -0.15) is 0 Å². The van der Waals surface area contributed by atoms with Crippen molar-refractivity contribution in [2.75, 3.05) is 7.11 Å². The molecule has 0 heterocycles. The Labute approximate surface area is 129 Å². The van der Waals surface area contributed by atoms with Crippen molar-refractivity contribution < 1.29 is 9.47 Å². The first-order chi connectivity index (χ1) is 9.98. The number of hydrogen-bond donors (Lipinski definition) is 1. The molecule has 21 heavy (non-hydrogen) atoms. The van der Waals surface area contributed by atoms with E-state index in [0.717, 1.165) is 30.9 Å². The Morgan fingerprint density at radius 2 is 1.81 bits per heavy atom. The molecule has 0 amide bonds. The van der Waals surface area contributed by atoms with Crippen LogP contribution >= 0.6 is 0 Å². The van der Waals surface area contributed by atoms with Crippen LogP contribution in [-0.2, 0) is 6.54 Å². The zero-order valence-electron chi connectivity index (χ0n) is 13.9. The smallest absolute Gasteiger partial charge is 0.161 e. The van der Waals surface area contributed by atoms with E-state index in [1.54, 1.807) is 7.11 Å². The van der Waals surface area contributed by atoms with Crippen LogP contribution in [0.2, 0.25) is 0 Å². The number of methoxy groups -OCH3 is 1. The fraction of sp³-hybridized carbons (Fsp3) is 0.667. The van der Waals surface area contributed by atoms with Crippen LogP contribution in [0.15, 0.2) is 18.2 Å². The second kappa shape index (κ2) is 7.17. The molecule has 0 spiro atoms. The fourth-order valence-electron chi connectivity index (χ4n) is 2.65. The normalized spacial score (nSPS) is 16.8. The van der Waals surface area contributed by atoms with Crippen LogP contribution in [0.1, 0.15) is 58.4 Å². The van der Waals surface area contributed by atoms with Crippen LogP contribution in [-0.4, -0.2) is 18.8 Å². The van der Waals surface area contributed by atoms with E-state index >= 15 is 0 Å². The molecule has 0 radical (unpaired) electrons. The molecule has 0 unspecified atom stereocenters. The molecule has 3 heteroatoms. The number of benzene rings is 1. The predicted molar refractivity (Wildman–Crippen MR) is 87.1 cm³/mol. The summed E-state index contributed by atoms with van der Waals surface area (Å²) >= 11 is 0. The molecule has 1 aromatic carbocycles. The third-order valence-corrected chi connectivity index (χ3v) is 3.90. The van der Waals surface area contributed by atoms with Gasteiger partial charge in [0.2, 0.25) is 0 Å². The minimum atomic E-state index is 0.115. The number of hydrogen-bond acceptors (Lipinski definition) is 3. The van der Waals surface area contributed by atoms with Gasteiger partial charge < -0.3 is 14.8 Å². The zero-order valence-corrected chi connectivity index (χ0v) is 13.9. The summed E-state index contributed by atoms with van der Waals surface area (Å²) in [7, 11) is 1.70. The molecule has 118 valence electrons. The van der Waals surface area contributed by atoms with Gasteiger partial charge in [0, 0.05) is 12.1 Å². The van der Waals surface area contributed by atoms with Gasteiger partial charge in [-0.3, -0.25) is 0 Å². The van der Waals surface area contributed by atoms with Crippen molar-refractivity contribution in [3.8, 4) is 11.5 Å². The van der Waals surface area contributed by atoms with Crippen molar-refractivity contribution in [1.29, 1.82) is 0 Å². The third-order valence-electron chi connectivity index (χ3n) is 3.90. The Kier molecular flexibility index (Phi) is 5.51. The minimum absolute atomic E-state index is 0.115. The van der Waals surface area contributed by atoms with Crippen LogP contribution in [0.3, 0.4) is 0 Å². The summed E-state index contributed by atoms with van der Waals surface area (Å²) in [6.07, 6.45) is 6.56. The molecule has 0 bridgehead atoms. The van der Waals surface area contributed by atoms with Gasteiger partial charge in [0.25, 0.3) is 0 Å². The SMILES string of the molecule is COc1ccc(CNC(C)(C)C)cc1OC1CCCCC1. The lowest BCUT2D eigenvalue weighted by molar-refractivity contribution is 0.149. The average Bonchev–Trinajstić information content (AvgIpc) is 2.46. The fourth-order valence-corrected chi connectivity index (χ4v) is 2.65. The van der Waals surface area contributed by atoms with Gasteiger partial charge in [0.1, 0.15) is 0 Å². The molecule has 0 atom stereocenters. The maximum absolute atomic E-state index is 6.20. The second-order valence-electron chi connectivity index (χ2n) is 6.97. The van der Waals surface area contributed by atoms with Gasteiger partial charge in [-0.1, -0.05) is 12.5 Å². The lowest BCUT2D eigenvalue weighted by atomic mass is 9.98. The first kappa shape index (κ1) is 16.2. The molecule has 3 nitrogen and oxygen atoms in total. The van der Waals surface area contributed by atoms with Gasteiger partial charge in [-0.15, -0.1) is 0 Å². The van der Waals surface area contributed by atoms with Gasteiger partial charge in [-0.25, -0.2) is 0 Å². The van der Waals surface area contributed by atoms with Gasteiger partial charge in [0.15, 0.2) is 11.5 Å². The van der Waals surface area contributed by atoms with E-state index in [0.29, 0.717) is 6.10 Å². The number of nitrogens with one attached hydrogen (secondary N) is 1. The quantitative estimate of drug-likeness (QED) is 0.877. The largest absolute Gasteiger partial charge is 0.493 e. The van der Waals surface area contributed by atoms with Gasteiger partial charge in [-0.05, 0) is 64.2 Å². The highest BCUT2D eigenvalue weighted by atomic mass is 16.5. The second-order valence-corrected chi connectivity index (χ2v) is 6.97. The summed E-state index contributed by atoms with van der Waals surface area (Å²) < 4.78 is 11.6. The Bertz CT molecular complexity index is 445. The van der Waals surface area contributed by atoms with E-state index in [-0.39, 0.29) is 5.54 Å². The highest BCUT2D eigenvalue weighted by Crippen LogP contribution is 2.32. The van der Waals surface area contributed by atoms with Crippen LogP contribution in [0.25, 0.3) is 0 Å². The molecule has 0 aromatic heterocycles. The standard InChI is InChI=1S/C18H29NO2/c1-18(2,3)19-13-14-10-11-16(20-4)17(12-14)21-15-8-6-5-7-9-15/h10-12,15,19H,5-9,13H2,1-4H3. The van der Waals surface area contributed by atoms with E-state index in [1.807, 2.05) is 6.07 Å². The van der Waals surface area contributed by atoms with Crippen LogP contribution in [0.4, 0.5) is 0 Å². The first-order valence-electron chi connectivity index (χ1n) is 8.06. The summed E-state index contributed by atoms with van der Waals surface area (Å²) in [5.41, 5.74) is 1.35. The van der Waals surface area contributed by atoms with E-state index in [2.05, 4.69) is 38.2 Å². The minimum Gasteiger partial charge on any atom is -0.493 e. The Balaban J connectivity index is 2.06. The number of ether oxygens (including phenoxy) is 2. The summed E-state index contributed by atoms with van der Waals surface area (Å²) in [5.74, 6) is 1.72. The van der Waals surface area contributed by atoms with E-state index in [9.17, 15) is 0 Å². The van der Waals surface area contributed by atoms with E-state index < -0.39 is 0 Å². The maximum atomic E-state index is 6.20. The lowest BCUT2D eigenvalue weighted by Crippen LogP contribution is -2.35. The van der Waals surface area contributed by atoms with Gasteiger partial charge in [0.05, 0.1) is 13.2 Å². The van der Waals surface area contributed by atoms with Crippen LogP contribution < -0.4 is 14.8 Å². The number of rotatable bonds is 5. The summed E-state index contributed by atoms with van der Waals surface area (Å²) in [6, 6.07) is 6.23. The Morgan fingerprint density at radius 1 is 1.10 bits per heavy atom. The Morgan fingerprint density at radius 3 is 2.43 bits per heavy atom. The van der Waals surface area contributed by atoms with Crippen molar-refractivity contribution in [2.45, 2.75) is 71.1 Å².